The monoisotopic (exact) mass is 591 g/mol. The second-order valence-corrected chi connectivity index (χ2v) is 11.8. The first-order chi connectivity index (χ1) is 21.0. The average Bonchev–Trinajstić information content (AvgIpc) is 3.71. The summed E-state index contributed by atoms with van der Waals surface area (Å²) in [4.78, 5) is 17.0. The number of hydrogen-bond donors (Lipinski definition) is 1. The molecule has 1 aromatic heterocycles. The molecule has 43 heavy (non-hydrogen) atoms. The average molecular weight is 592 g/mol. The van der Waals surface area contributed by atoms with Crippen molar-refractivity contribution in [3.8, 4) is 50.1 Å². The summed E-state index contributed by atoms with van der Waals surface area (Å²) in [5.74, 6) is 1.07. The number of benzene rings is 4. The smallest absolute Gasteiger partial charge is 0.341 e. The lowest BCUT2D eigenvalue weighted by molar-refractivity contribution is -0.139. The molecule has 1 fully saturated rings. The van der Waals surface area contributed by atoms with E-state index in [0.29, 0.717) is 24.2 Å². The van der Waals surface area contributed by atoms with Crippen molar-refractivity contribution < 1.29 is 24.1 Å². The van der Waals surface area contributed by atoms with Crippen LogP contribution in [0.4, 0.5) is 0 Å². The Morgan fingerprint density at radius 3 is 2.16 bits per heavy atom. The topological polar surface area (TPSA) is 77.9 Å². The first kappa shape index (κ1) is 28.5. The maximum absolute atomic E-state index is 10.9. The molecule has 6 nitrogen and oxygen atoms in total. The van der Waals surface area contributed by atoms with E-state index in [1.54, 1.807) is 23.5 Å². The molecule has 0 radical (unpaired) electrons. The van der Waals surface area contributed by atoms with Crippen LogP contribution in [0, 0.1) is 6.92 Å². The quantitative estimate of drug-likeness (QED) is 0.165. The standard InChI is InChI=1S/C36H33NO5S/c1-24-21-31(19-20-32(24)41-23-34(38)39)40-22-33-37-35(27-15-17-30(18-16-27)42-29-9-5-6-10-29)36(43-33)28-13-11-26(12-14-28)25-7-3-2-4-8-25/h2-4,7-8,11-21,29H,5-6,9-10,22-23H2,1H3,(H,38,39). The van der Waals surface area contributed by atoms with Crippen molar-refractivity contribution in [3.63, 3.8) is 0 Å². The number of ether oxygens (including phenoxy) is 3. The van der Waals surface area contributed by atoms with E-state index >= 15 is 0 Å². The van der Waals surface area contributed by atoms with E-state index in [1.165, 1.54) is 24.0 Å². The number of aryl methyl sites for hydroxylation is 1. The third-order valence-corrected chi connectivity index (χ3v) is 8.60. The molecule has 5 aromatic rings. The van der Waals surface area contributed by atoms with Crippen LogP contribution in [-0.4, -0.2) is 28.8 Å². The van der Waals surface area contributed by atoms with E-state index in [9.17, 15) is 4.79 Å². The molecule has 0 amide bonds. The highest BCUT2D eigenvalue weighted by Gasteiger charge is 2.19. The molecule has 4 aromatic carbocycles. The molecule has 1 aliphatic carbocycles. The number of aliphatic carboxylic acids is 1. The van der Waals surface area contributed by atoms with Crippen LogP contribution in [0.5, 0.6) is 17.2 Å². The highest BCUT2D eigenvalue weighted by atomic mass is 32.1. The molecule has 1 aliphatic rings. The Morgan fingerprint density at radius 2 is 1.47 bits per heavy atom. The summed E-state index contributed by atoms with van der Waals surface area (Å²) in [5.41, 5.74) is 6.19. The lowest BCUT2D eigenvalue weighted by Crippen LogP contribution is -2.10. The molecule has 1 N–H and O–H groups in total. The molecule has 0 aliphatic heterocycles. The van der Waals surface area contributed by atoms with Crippen LogP contribution in [0.25, 0.3) is 32.8 Å². The molecule has 0 saturated heterocycles. The molecule has 0 spiro atoms. The van der Waals surface area contributed by atoms with Crippen molar-refractivity contribution in [2.45, 2.75) is 45.3 Å². The van der Waals surface area contributed by atoms with Gasteiger partial charge in [-0.05, 0) is 97.3 Å². The predicted molar refractivity (Wildman–Crippen MR) is 170 cm³/mol. The Balaban J connectivity index is 1.25. The van der Waals surface area contributed by atoms with Crippen molar-refractivity contribution in [3.05, 3.63) is 108 Å². The van der Waals surface area contributed by atoms with E-state index in [2.05, 4.69) is 60.7 Å². The van der Waals surface area contributed by atoms with Gasteiger partial charge in [-0.1, -0.05) is 54.6 Å². The van der Waals surface area contributed by atoms with Gasteiger partial charge in [0.2, 0.25) is 0 Å². The zero-order valence-corrected chi connectivity index (χ0v) is 24.8. The van der Waals surface area contributed by atoms with Crippen molar-refractivity contribution >= 4 is 17.3 Å². The molecule has 1 saturated carbocycles. The van der Waals surface area contributed by atoms with Gasteiger partial charge >= 0.3 is 5.97 Å². The lowest BCUT2D eigenvalue weighted by atomic mass is 10.0. The van der Waals surface area contributed by atoms with Crippen molar-refractivity contribution in [1.29, 1.82) is 0 Å². The van der Waals surface area contributed by atoms with E-state index in [1.807, 2.05) is 31.2 Å². The van der Waals surface area contributed by atoms with Crippen LogP contribution < -0.4 is 14.2 Å². The van der Waals surface area contributed by atoms with Gasteiger partial charge in [0.05, 0.1) is 16.7 Å². The van der Waals surface area contributed by atoms with Crippen molar-refractivity contribution in [2.75, 3.05) is 6.61 Å². The molecule has 218 valence electrons. The van der Waals surface area contributed by atoms with Crippen molar-refractivity contribution in [1.82, 2.24) is 4.98 Å². The highest BCUT2D eigenvalue weighted by Crippen LogP contribution is 2.39. The zero-order chi connectivity index (χ0) is 29.6. The summed E-state index contributed by atoms with van der Waals surface area (Å²) in [6.07, 6.45) is 5.03. The third-order valence-electron chi connectivity index (χ3n) is 7.52. The van der Waals surface area contributed by atoms with Crippen LogP contribution in [-0.2, 0) is 11.4 Å². The van der Waals surface area contributed by atoms with Gasteiger partial charge in [0.1, 0.15) is 28.9 Å². The summed E-state index contributed by atoms with van der Waals surface area (Å²) in [5, 5.41) is 9.75. The second-order valence-electron chi connectivity index (χ2n) is 10.7. The number of carboxylic acid groups (broad SMARTS) is 1. The van der Waals surface area contributed by atoms with Crippen LogP contribution in [0.2, 0.25) is 0 Å². The minimum Gasteiger partial charge on any atom is -0.490 e. The first-order valence-electron chi connectivity index (χ1n) is 14.5. The van der Waals surface area contributed by atoms with Gasteiger partial charge in [0.25, 0.3) is 0 Å². The number of carboxylic acids is 1. The van der Waals surface area contributed by atoms with Gasteiger partial charge in [-0.15, -0.1) is 11.3 Å². The minimum absolute atomic E-state index is 0.303. The van der Waals surface area contributed by atoms with Gasteiger partial charge in [-0.2, -0.15) is 0 Å². The number of carbonyl (C=O) groups is 1. The van der Waals surface area contributed by atoms with Crippen LogP contribution in [0.3, 0.4) is 0 Å². The van der Waals surface area contributed by atoms with Crippen LogP contribution >= 0.6 is 11.3 Å². The maximum atomic E-state index is 10.9. The Labute approximate surface area is 255 Å². The normalized spacial score (nSPS) is 13.1. The highest BCUT2D eigenvalue weighted by molar-refractivity contribution is 7.15. The predicted octanol–water partition coefficient (Wildman–Crippen LogP) is 8.82. The van der Waals surface area contributed by atoms with Gasteiger partial charge in [-0.3, -0.25) is 0 Å². The van der Waals surface area contributed by atoms with Gasteiger partial charge in [0.15, 0.2) is 6.61 Å². The summed E-state index contributed by atoms with van der Waals surface area (Å²) in [6.45, 7) is 1.78. The second kappa shape index (κ2) is 13.1. The molecule has 0 atom stereocenters. The van der Waals surface area contributed by atoms with Crippen molar-refractivity contribution in [2.24, 2.45) is 0 Å². The molecule has 0 unspecified atom stereocenters. The molecule has 7 heteroatoms. The third kappa shape index (κ3) is 7.07. The summed E-state index contributed by atoms with van der Waals surface area (Å²) in [6, 6.07) is 32.6. The molecule has 0 bridgehead atoms. The zero-order valence-electron chi connectivity index (χ0n) is 24.0. The van der Waals surface area contributed by atoms with E-state index in [4.69, 9.17) is 24.3 Å². The van der Waals surface area contributed by atoms with Gasteiger partial charge < -0.3 is 19.3 Å². The first-order valence-corrected chi connectivity index (χ1v) is 15.3. The number of aromatic nitrogens is 1. The molecule has 1 heterocycles. The fourth-order valence-electron chi connectivity index (χ4n) is 5.31. The van der Waals surface area contributed by atoms with Gasteiger partial charge in [0, 0.05) is 5.56 Å². The van der Waals surface area contributed by atoms with Crippen LogP contribution in [0.15, 0.2) is 97.1 Å². The summed E-state index contributed by atoms with van der Waals surface area (Å²) >= 11 is 1.62. The molecular formula is C36H33NO5S. The van der Waals surface area contributed by atoms with Gasteiger partial charge in [-0.25, -0.2) is 9.78 Å². The minimum atomic E-state index is -1.01. The summed E-state index contributed by atoms with van der Waals surface area (Å²) < 4.78 is 17.7. The summed E-state index contributed by atoms with van der Waals surface area (Å²) in [7, 11) is 0. The Kier molecular flexibility index (Phi) is 8.70. The fraction of sp³-hybridized carbons (Fsp3) is 0.222. The SMILES string of the molecule is Cc1cc(OCc2nc(-c3ccc(OC4CCCC4)cc3)c(-c3ccc(-c4ccccc4)cc3)s2)ccc1OCC(=O)O. The molecule has 6 rings (SSSR count). The fourth-order valence-corrected chi connectivity index (χ4v) is 6.31. The van der Waals surface area contributed by atoms with Crippen LogP contribution in [0.1, 0.15) is 36.3 Å². The van der Waals surface area contributed by atoms with E-state index in [0.717, 1.165) is 50.9 Å². The number of thiazole rings is 1. The number of rotatable bonds is 11. The Bertz CT molecular complexity index is 1670. The number of hydrogen-bond acceptors (Lipinski definition) is 6. The largest absolute Gasteiger partial charge is 0.490 e. The lowest BCUT2D eigenvalue weighted by Gasteiger charge is -2.13. The number of nitrogens with zero attached hydrogens (tertiary/aromatic N) is 1. The Morgan fingerprint density at radius 1 is 0.814 bits per heavy atom. The maximum Gasteiger partial charge on any atom is 0.341 e. The molecular weight excluding hydrogens is 558 g/mol. The Hall–Kier alpha value is -4.62. The van der Waals surface area contributed by atoms with E-state index < -0.39 is 5.97 Å². The van der Waals surface area contributed by atoms with E-state index in [-0.39, 0.29) is 6.61 Å².